The molecular weight excluding hydrogens is 487 g/mol. The lowest BCUT2D eigenvalue weighted by molar-refractivity contribution is -0.136. The maximum Gasteiger partial charge on any atom is 0.245 e. The SMILES string of the molecule is C=CC(=O)N1CC2(CCN(c3nc4cc(-c5scnc5C)cnc4c(-c4ccccc4F)c3C#N)C2)C1. The van der Waals surface area contributed by atoms with Crippen molar-refractivity contribution < 1.29 is 9.18 Å². The molecule has 2 aliphatic heterocycles. The van der Waals surface area contributed by atoms with Crippen molar-refractivity contribution in [2.24, 2.45) is 5.41 Å². The number of rotatable bonds is 4. The zero-order valence-electron chi connectivity index (χ0n) is 20.2. The lowest BCUT2D eigenvalue weighted by atomic mass is 9.79. The highest BCUT2D eigenvalue weighted by Gasteiger charge is 2.49. The number of aryl methyl sites for hydroxylation is 1. The fraction of sp³-hybridized carbons (Fsp3) is 0.250. The van der Waals surface area contributed by atoms with Crippen molar-refractivity contribution in [3.8, 4) is 27.6 Å². The molecule has 1 spiro atoms. The van der Waals surface area contributed by atoms with Gasteiger partial charge in [-0.1, -0.05) is 24.8 Å². The zero-order chi connectivity index (χ0) is 25.7. The molecule has 37 heavy (non-hydrogen) atoms. The molecule has 2 fully saturated rings. The van der Waals surface area contributed by atoms with Crippen molar-refractivity contribution in [2.45, 2.75) is 13.3 Å². The van der Waals surface area contributed by atoms with Crippen LogP contribution in [0.2, 0.25) is 0 Å². The number of likely N-dealkylation sites (tertiary alicyclic amines) is 1. The normalized spacial score (nSPS) is 16.1. The Morgan fingerprint density at radius 2 is 2.08 bits per heavy atom. The van der Waals surface area contributed by atoms with Gasteiger partial charge in [-0.15, -0.1) is 11.3 Å². The molecule has 0 aliphatic carbocycles. The van der Waals surface area contributed by atoms with Gasteiger partial charge in [0.15, 0.2) is 0 Å². The lowest BCUT2D eigenvalue weighted by Crippen LogP contribution is -2.59. The number of nitriles is 1. The molecule has 7 nitrogen and oxygen atoms in total. The minimum atomic E-state index is -0.419. The number of carbonyl (C=O) groups is 1. The van der Waals surface area contributed by atoms with Gasteiger partial charge < -0.3 is 9.80 Å². The van der Waals surface area contributed by atoms with E-state index in [1.807, 2.05) is 13.0 Å². The Morgan fingerprint density at radius 3 is 2.78 bits per heavy atom. The average molecular weight is 511 g/mol. The molecule has 0 radical (unpaired) electrons. The van der Waals surface area contributed by atoms with Crippen molar-refractivity contribution in [1.82, 2.24) is 19.9 Å². The molecule has 0 unspecified atom stereocenters. The quantitative estimate of drug-likeness (QED) is 0.361. The third kappa shape index (κ3) is 3.76. The number of pyridine rings is 2. The molecule has 9 heteroatoms. The summed E-state index contributed by atoms with van der Waals surface area (Å²) in [4.78, 5) is 30.9. The second kappa shape index (κ2) is 8.75. The number of hydrogen-bond acceptors (Lipinski definition) is 7. The predicted molar refractivity (Wildman–Crippen MR) is 142 cm³/mol. The molecule has 0 N–H and O–H groups in total. The first kappa shape index (κ1) is 23.3. The van der Waals surface area contributed by atoms with E-state index in [9.17, 15) is 10.1 Å². The fourth-order valence-electron chi connectivity index (χ4n) is 5.52. The van der Waals surface area contributed by atoms with Gasteiger partial charge in [-0.2, -0.15) is 5.26 Å². The molecule has 4 aromatic rings. The predicted octanol–water partition coefficient (Wildman–Crippen LogP) is 4.96. The number of thiazole rings is 1. The second-order valence-electron chi connectivity index (χ2n) is 9.71. The molecule has 2 aliphatic rings. The summed E-state index contributed by atoms with van der Waals surface area (Å²) in [6.45, 7) is 8.19. The third-order valence-electron chi connectivity index (χ3n) is 7.34. The highest BCUT2D eigenvalue weighted by Crippen LogP contribution is 2.44. The van der Waals surface area contributed by atoms with Crippen LogP contribution in [0.4, 0.5) is 10.2 Å². The van der Waals surface area contributed by atoms with E-state index in [4.69, 9.17) is 9.97 Å². The van der Waals surface area contributed by atoms with E-state index in [-0.39, 0.29) is 11.3 Å². The molecular formula is C28H23FN6OS. The molecule has 2 saturated heterocycles. The number of hydrogen-bond donors (Lipinski definition) is 0. The molecule has 0 atom stereocenters. The van der Waals surface area contributed by atoms with Crippen LogP contribution in [0.25, 0.3) is 32.6 Å². The van der Waals surface area contributed by atoms with Crippen LogP contribution in [0.5, 0.6) is 0 Å². The second-order valence-corrected chi connectivity index (χ2v) is 10.6. The van der Waals surface area contributed by atoms with E-state index in [1.54, 1.807) is 34.8 Å². The molecule has 1 amide bonds. The molecule has 3 aromatic heterocycles. The maximum atomic E-state index is 15.1. The fourth-order valence-corrected chi connectivity index (χ4v) is 6.30. The number of benzene rings is 1. The van der Waals surface area contributed by atoms with Crippen LogP contribution in [-0.2, 0) is 4.79 Å². The Labute approximate surface area is 217 Å². The zero-order valence-corrected chi connectivity index (χ0v) is 21.1. The first-order valence-electron chi connectivity index (χ1n) is 12.0. The van der Waals surface area contributed by atoms with Crippen molar-refractivity contribution in [2.75, 3.05) is 31.1 Å². The molecule has 5 heterocycles. The van der Waals surface area contributed by atoms with Gasteiger partial charge in [0.2, 0.25) is 5.91 Å². The van der Waals surface area contributed by atoms with Gasteiger partial charge in [-0.3, -0.25) is 9.78 Å². The van der Waals surface area contributed by atoms with Crippen LogP contribution in [0.1, 0.15) is 17.7 Å². The summed E-state index contributed by atoms with van der Waals surface area (Å²) in [6.07, 6.45) is 3.96. The lowest BCUT2D eigenvalue weighted by Gasteiger charge is -2.47. The number of aromatic nitrogens is 3. The van der Waals surface area contributed by atoms with Crippen molar-refractivity contribution in [1.29, 1.82) is 5.26 Å². The first-order valence-corrected chi connectivity index (χ1v) is 12.9. The van der Waals surface area contributed by atoms with Crippen LogP contribution in [0.3, 0.4) is 0 Å². The molecule has 0 saturated carbocycles. The maximum absolute atomic E-state index is 15.1. The van der Waals surface area contributed by atoms with Gasteiger partial charge in [0.25, 0.3) is 0 Å². The van der Waals surface area contributed by atoms with Crippen LogP contribution in [-0.4, -0.2) is 51.9 Å². The van der Waals surface area contributed by atoms with Gasteiger partial charge in [0.05, 0.1) is 27.1 Å². The van der Waals surface area contributed by atoms with Gasteiger partial charge in [0, 0.05) is 54.5 Å². The van der Waals surface area contributed by atoms with Crippen LogP contribution in [0, 0.1) is 29.5 Å². The highest BCUT2D eigenvalue weighted by molar-refractivity contribution is 7.13. The molecule has 184 valence electrons. The summed E-state index contributed by atoms with van der Waals surface area (Å²) in [7, 11) is 0. The number of carbonyl (C=O) groups excluding carboxylic acids is 1. The smallest absolute Gasteiger partial charge is 0.245 e. The van der Waals surface area contributed by atoms with E-state index in [1.165, 1.54) is 23.5 Å². The summed E-state index contributed by atoms with van der Waals surface area (Å²) in [5, 5.41) is 10.3. The number of nitrogens with zero attached hydrogens (tertiary/aromatic N) is 6. The van der Waals surface area contributed by atoms with E-state index < -0.39 is 5.82 Å². The van der Waals surface area contributed by atoms with Crippen molar-refractivity contribution in [3.05, 3.63) is 71.8 Å². The Bertz CT molecular complexity index is 1620. The Morgan fingerprint density at radius 1 is 1.27 bits per heavy atom. The van der Waals surface area contributed by atoms with Gasteiger partial charge in [-0.05, 0) is 31.6 Å². The number of fused-ring (bicyclic) bond motifs is 1. The van der Waals surface area contributed by atoms with E-state index in [0.29, 0.717) is 59.7 Å². The summed E-state index contributed by atoms with van der Waals surface area (Å²) >= 11 is 1.53. The Kier molecular flexibility index (Phi) is 5.50. The summed E-state index contributed by atoms with van der Waals surface area (Å²) < 4.78 is 15.1. The van der Waals surface area contributed by atoms with E-state index in [0.717, 1.165) is 22.6 Å². The monoisotopic (exact) mass is 510 g/mol. The minimum absolute atomic E-state index is 0.0416. The summed E-state index contributed by atoms with van der Waals surface area (Å²) in [5.74, 6) is 0.0418. The van der Waals surface area contributed by atoms with Gasteiger partial charge in [-0.25, -0.2) is 14.4 Å². The minimum Gasteiger partial charge on any atom is -0.355 e. The van der Waals surface area contributed by atoms with E-state index in [2.05, 4.69) is 22.5 Å². The standard InChI is InChI=1S/C28H23FN6OS/c1-3-23(36)35-14-28(15-35)8-9-34(13-28)27-20(11-30)24(19-6-4-5-7-21(19)29)25-22(33-27)10-18(12-31-25)26-17(2)32-16-37-26/h3-7,10,12,16H,1,8-9,13-15H2,2H3. The highest BCUT2D eigenvalue weighted by atomic mass is 32.1. The number of halogens is 1. The van der Waals surface area contributed by atoms with Crippen LogP contribution < -0.4 is 4.90 Å². The van der Waals surface area contributed by atoms with Crippen molar-refractivity contribution in [3.63, 3.8) is 0 Å². The Hall–Kier alpha value is -4.16. The summed E-state index contributed by atoms with van der Waals surface area (Å²) in [6, 6.07) is 10.7. The number of amides is 1. The number of anilines is 1. The van der Waals surface area contributed by atoms with Crippen LogP contribution >= 0.6 is 11.3 Å². The largest absolute Gasteiger partial charge is 0.355 e. The van der Waals surface area contributed by atoms with Crippen molar-refractivity contribution >= 4 is 34.1 Å². The average Bonchev–Trinajstić information content (AvgIpc) is 3.53. The molecule has 6 rings (SSSR count). The third-order valence-corrected chi connectivity index (χ3v) is 8.32. The molecule has 0 bridgehead atoms. The topological polar surface area (TPSA) is 86.0 Å². The molecule has 1 aromatic carbocycles. The van der Waals surface area contributed by atoms with Crippen LogP contribution in [0.15, 0.2) is 54.7 Å². The Balaban J connectivity index is 1.50. The van der Waals surface area contributed by atoms with E-state index >= 15 is 4.39 Å². The summed E-state index contributed by atoms with van der Waals surface area (Å²) in [5.41, 5.74) is 5.69. The van der Waals surface area contributed by atoms with Gasteiger partial charge in [0.1, 0.15) is 23.3 Å². The first-order chi connectivity index (χ1) is 17.9. The van der Waals surface area contributed by atoms with Gasteiger partial charge >= 0.3 is 0 Å².